The van der Waals surface area contributed by atoms with Gasteiger partial charge in [0, 0.05) is 12.7 Å². The van der Waals surface area contributed by atoms with E-state index < -0.39 is 17.7 Å². The average molecular weight is 357 g/mol. The van der Waals surface area contributed by atoms with E-state index in [0.717, 1.165) is 12.1 Å². The Labute approximate surface area is 149 Å². The van der Waals surface area contributed by atoms with Crippen LogP contribution in [-0.4, -0.2) is 33.4 Å². The second kappa shape index (κ2) is 7.44. The Morgan fingerprint density at radius 2 is 2.12 bits per heavy atom. The molecule has 134 valence electrons. The zero-order chi connectivity index (χ0) is 18.7. The largest absolute Gasteiger partial charge is 0.369 e. The van der Waals surface area contributed by atoms with Crippen molar-refractivity contribution in [1.82, 2.24) is 14.9 Å². The van der Waals surface area contributed by atoms with Crippen LogP contribution in [0.4, 0.5) is 14.5 Å². The van der Waals surface area contributed by atoms with Crippen LogP contribution in [0, 0.1) is 29.9 Å². The van der Waals surface area contributed by atoms with Gasteiger partial charge in [-0.1, -0.05) is 0 Å². The molecule has 2 aromatic rings. The van der Waals surface area contributed by atoms with Crippen LogP contribution in [0.5, 0.6) is 0 Å². The monoisotopic (exact) mass is 357 g/mol. The smallest absolute Gasteiger partial charge is 0.245 e. The zero-order valence-electron chi connectivity index (χ0n) is 14.2. The number of nitriles is 1. The number of anilines is 1. The van der Waals surface area contributed by atoms with Crippen molar-refractivity contribution in [1.29, 1.82) is 5.26 Å². The molecule has 0 radical (unpaired) electrons. The number of amides is 1. The first-order valence-electron chi connectivity index (χ1n) is 8.21. The van der Waals surface area contributed by atoms with Crippen molar-refractivity contribution in [3.63, 3.8) is 0 Å². The quantitative estimate of drug-likeness (QED) is 0.909. The molecule has 1 atom stereocenters. The maximum absolute atomic E-state index is 14.1. The third-order valence-electron chi connectivity index (χ3n) is 4.21. The topological polar surface area (TPSA) is 81.9 Å². The number of benzene rings is 1. The third kappa shape index (κ3) is 3.77. The number of carbonyl (C=O) groups excluding carboxylic acids is 1. The molecular weight excluding hydrogens is 340 g/mol. The number of carbonyl (C=O) groups is 1. The summed E-state index contributed by atoms with van der Waals surface area (Å²) >= 11 is 0. The summed E-state index contributed by atoms with van der Waals surface area (Å²) in [6.45, 7) is 2.64. The van der Waals surface area contributed by atoms with Crippen LogP contribution in [-0.2, 0) is 11.3 Å². The summed E-state index contributed by atoms with van der Waals surface area (Å²) in [5.41, 5.74) is 0.214. The molecule has 1 aliphatic heterocycles. The van der Waals surface area contributed by atoms with Crippen molar-refractivity contribution in [3.8, 4) is 6.07 Å². The van der Waals surface area contributed by atoms with Crippen LogP contribution in [0.15, 0.2) is 24.4 Å². The number of piperidine rings is 1. The van der Waals surface area contributed by atoms with E-state index in [-0.39, 0.29) is 17.2 Å². The van der Waals surface area contributed by atoms with E-state index in [0.29, 0.717) is 37.4 Å². The van der Waals surface area contributed by atoms with E-state index in [9.17, 15) is 13.6 Å². The number of rotatable bonds is 4. The first-order valence-corrected chi connectivity index (χ1v) is 8.21. The molecule has 8 heteroatoms. The number of halogens is 2. The van der Waals surface area contributed by atoms with Crippen molar-refractivity contribution in [2.24, 2.45) is 0 Å². The molecule has 6 nitrogen and oxygen atoms in total. The second-order valence-corrected chi connectivity index (χ2v) is 6.12. The summed E-state index contributed by atoms with van der Waals surface area (Å²) in [4.78, 5) is 22.6. The molecule has 2 heterocycles. The molecule has 3 rings (SSSR count). The molecule has 1 unspecified atom stereocenters. The van der Waals surface area contributed by atoms with Crippen molar-refractivity contribution in [2.45, 2.75) is 32.4 Å². The highest BCUT2D eigenvalue weighted by atomic mass is 19.1. The van der Waals surface area contributed by atoms with Crippen LogP contribution in [0.1, 0.15) is 29.9 Å². The van der Waals surface area contributed by atoms with E-state index in [1.165, 1.54) is 0 Å². The number of aromatic nitrogens is 2. The first-order chi connectivity index (χ1) is 12.5. The average Bonchev–Trinajstić information content (AvgIpc) is 2.61. The standard InChI is InChI=1S/C18H17F2N5O/c1-11-22-5-4-13(23-11)10-25-6-2-3-16(18(25)26)24-17-14(19)7-12(9-21)8-15(17)20/h4-5,7-8,16,24H,2-3,6,10H2,1H3. The molecule has 1 amide bonds. The number of likely N-dealkylation sites (tertiary alicyclic amines) is 1. The summed E-state index contributed by atoms with van der Waals surface area (Å²) in [6.07, 6.45) is 2.80. The van der Waals surface area contributed by atoms with Crippen molar-refractivity contribution < 1.29 is 13.6 Å². The van der Waals surface area contributed by atoms with Crippen LogP contribution < -0.4 is 5.32 Å². The Balaban J connectivity index is 1.75. The van der Waals surface area contributed by atoms with Gasteiger partial charge in [-0.2, -0.15) is 5.26 Å². The van der Waals surface area contributed by atoms with Crippen LogP contribution in [0.2, 0.25) is 0 Å². The van der Waals surface area contributed by atoms with E-state index in [1.807, 2.05) is 0 Å². The Bertz CT molecular complexity index is 857. The van der Waals surface area contributed by atoms with E-state index in [4.69, 9.17) is 5.26 Å². The van der Waals surface area contributed by atoms with Gasteiger partial charge in [0.1, 0.15) is 17.6 Å². The normalized spacial score (nSPS) is 17.1. The summed E-state index contributed by atoms with van der Waals surface area (Å²) in [5, 5.41) is 11.4. The third-order valence-corrected chi connectivity index (χ3v) is 4.21. The molecule has 1 aromatic heterocycles. The fraction of sp³-hybridized carbons (Fsp3) is 0.333. The van der Waals surface area contributed by atoms with Gasteiger partial charge in [-0.05, 0) is 38.0 Å². The molecule has 0 bridgehead atoms. The van der Waals surface area contributed by atoms with Gasteiger partial charge < -0.3 is 10.2 Å². The minimum Gasteiger partial charge on any atom is -0.369 e. The van der Waals surface area contributed by atoms with Gasteiger partial charge in [0.15, 0.2) is 11.6 Å². The van der Waals surface area contributed by atoms with E-state index in [2.05, 4.69) is 15.3 Å². The zero-order valence-corrected chi connectivity index (χ0v) is 14.2. The molecule has 26 heavy (non-hydrogen) atoms. The summed E-state index contributed by atoms with van der Waals surface area (Å²) in [6, 6.07) is 4.58. The summed E-state index contributed by atoms with van der Waals surface area (Å²) in [5.74, 6) is -1.41. The minimum atomic E-state index is -0.891. The first kappa shape index (κ1) is 17.7. The SMILES string of the molecule is Cc1nccc(CN2CCCC(Nc3c(F)cc(C#N)cc3F)C2=O)n1. The highest BCUT2D eigenvalue weighted by Gasteiger charge is 2.30. The van der Waals surface area contributed by atoms with Gasteiger partial charge in [-0.15, -0.1) is 0 Å². The second-order valence-electron chi connectivity index (χ2n) is 6.12. The van der Waals surface area contributed by atoms with Crippen LogP contribution in [0.25, 0.3) is 0 Å². The molecule has 1 saturated heterocycles. The maximum atomic E-state index is 14.1. The molecule has 0 aliphatic carbocycles. The minimum absolute atomic E-state index is 0.110. The van der Waals surface area contributed by atoms with Gasteiger partial charge >= 0.3 is 0 Å². The van der Waals surface area contributed by atoms with E-state index >= 15 is 0 Å². The highest BCUT2D eigenvalue weighted by Crippen LogP contribution is 2.24. The fourth-order valence-electron chi connectivity index (χ4n) is 2.97. The number of aryl methyl sites for hydroxylation is 1. The lowest BCUT2D eigenvalue weighted by molar-refractivity contribution is -0.134. The number of hydrogen-bond donors (Lipinski definition) is 1. The number of nitrogens with one attached hydrogen (secondary N) is 1. The number of nitrogens with zero attached hydrogens (tertiary/aromatic N) is 4. The summed E-state index contributed by atoms with van der Waals surface area (Å²) < 4.78 is 28.1. The van der Waals surface area contributed by atoms with Gasteiger partial charge in [-0.25, -0.2) is 18.7 Å². The van der Waals surface area contributed by atoms with E-state index in [1.54, 1.807) is 30.2 Å². The van der Waals surface area contributed by atoms with Crippen molar-refractivity contribution in [3.05, 3.63) is 53.1 Å². The molecule has 1 N–H and O–H groups in total. The Hall–Kier alpha value is -3.08. The lowest BCUT2D eigenvalue weighted by Gasteiger charge is -2.33. The molecule has 1 aliphatic rings. The highest BCUT2D eigenvalue weighted by molar-refractivity contribution is 5.85. The molecule has 1 fully saturated rings. The lowest BCUT2D eigenvalue weighted by Crippen LogP contribution is -2.47. The summed E-state index contributed by atoms with van der Waals surface area (Å²) in [7, 11) is 0. The predicted octanol–water partition coefficient (Wildman–Crippen LogP) is 2.54. The van der Waals surface area contributed by atoms with Crippen molar-refractivity contribution in [2.75, 3.05) is 11.9 Å². The van der Waals surface area contributed by atoms with Gasteiger partial charge in [0.25, 0.3) is 0 Å². The van der Waals surface area contributed by atoms with Gasteiger partial charge in [0.05, 0.1) is 23.9 Å². The lowest BCUT2D eigenvalue weighted by atomic mass is 10.0. The fourth-order valence-corrected chi connectivity index (χ4v) is 2.97. The molecule has 1 aromatic carbocycles. The Morgan fingerprint density at radius 1 is 1.38 bits per heavy atom. The maximum Gasteiger partial charge on any atom is 0.245 e. The van der Waals surface area contributed by atoms with Crippen LogP contribution in [0.3, 0.4) is 0 Å². The molecule has 0 saturated carbocycles. The van der Waals surface area contributed by atoms with Crippen LogP contribution >= 0.6 is 0 Å². The van der Waals surface area contributed by atoms with Gasteiger partial charge in [-0.3, -0.25) is 4.79 Å². The van der Waals surface area contributed by atoms with Crippen molar-refractivity contribution >= 4 is 11.6 Å². The molecular formula is C18H17F2N5O. The van der Waals surface area contributed by atoms with Gasteiger partial charge in [0.2, 0.25) is 5.91 Å². The molecule has 0 spiro atoms. The number of hydrogen-bond acceptors (Lipinski definition) is 5. The Kier molecular flexibility index (Phi) is 5.07. The Morgan fingerprint density at radius 3 is 2.77 bits per heavy atom. The predicted molar refractivity (Wildman–Crippen MR) is 89.9 cm³/mol.